The molecule has 0 saturated carbocycles. The highest BCUT2D eigenvalue weighted by atomic mass is 32.1. The van der Waals surface area contributed by atoms with Crippen LogP contribution in [-0.2, 0) is 9.59 Å². The fraction of sp³-hybridized carbons (Fsp3) is 0.300. The van der Waals surface area contributed by atoms with Gasteiger partial charge in [-0.15, -0.1) is 11.3 Å². The summed E-state index contributed by atoms with van der Waals surface area (Å²) < 4.78 is 0. The highest BCUT2D eigenvalue weighted by Crippen LogP contribution is 2.43. The molecule has 3 rings (SSSR count). The quantitative estimate of drug-likeness (QED) is 0.879. The van der Waals surface area contributed by atoms with E-state index in [9.17, 15) is 14.7 Å². The average Bonchev–Trinajstić information content (AvgIpc) is 3.17. The highest BCUT2D eigenvalue weighted by molar-refractivity contribution is 7.10. The van der Waals surface area contributed by atoms with Gasteiger partial charge in [-0.05, 0) is 48.6 Å². The molecule has 1 atom stereocenters. The molecule has 2 heterocycles. The number of aryl methyl sites for hydroxylation is 2. The zero-order valence-electron chi connectivity index (χ0n) is 14.7. The van der Waals surface area contributed by atoms with Gasteiger partial charge in [-0.25, -0.2) is 0 Å². The van der Waals surface area contributed by atoms with E-state index in [1.54, 1.807) is 13.8 Å². The maximum atomic E-state index is 12.8. The van der Waals surface area contributed by atoms with Crippen LogP contribution in [0.2, 0.25) is 0 Å². The molecule has 25 heavy (non-hydrogen) atoms. The number of rotatable bonds is 4. The van der Waals surface area contributed by atoms with Crippen LogP contribution in [-0.4, -0.2) is 16.8 Å². The van der Waals surface area contributed by atoms with E-state index in [0.717, 1.165) is 16.0 Å². The first-order valence-electron chi connectivity index (χ1n) is 8.24. The number of amides is 1. The second-order valence-electron chi connectivity index (χ2n) is 6.64. The van der Waals surface area contributed by atoms with Gasteiger partial charge in [-0.2, -0.15) is 0 Å². The first kappa shape index (κ1) is 17.4. The van der Waals surface area contributed by atoms with Crippen LogP contribution >= 0.6 is 11.3 Å². The number of benzene rings is 1. The van der Waals surface area contributed by atoms with E-state index in [1.807, 2.05) is 49.6 Å². The van der Waals surface area contributed by atoms with Gasteiger partial charge in [0.1, 0.15) is 6.04 Å². The summed E-state index contributed by atoms with van der Waals surface area (Å²) in [6.07, 6.45) is 0. The number of thiophene rings is 1. The van der Waals surface area contributed by atoms with E-state index in [4.69, 9.17) is 0 Å². The fourth-order valence-corrected chi connectivity index (χ4v) is 3.85. The third-order valence-electron chi connectivity index (χ3n) is 4.58. The number of carbonyl (C=O) groups excluding carboxylic acids is 2. The largest absolute Gasteiger partial charge is 0.503 e. The monoisotopic (exact) mass is 355 g/mol. The lowest BCUT2D eigenvalue weighted by Crippen LogP contribution is -2.31. The first-order valence-corrected chi connectivity index (χ1v) is 9.12. The summed E-state index contributed by atoms with van der Waals surface area (Å²) in [5.41, 5.74) is 3.06. The van der Waals surface area contributed by atoms with Crippen LogP contribution in [0.15, 0.2) is 47.0 Å². The number of hydrogen-bond acceptors (Lipinski definition) is 4. The number of Topliss-reactive ketones (excluding diaryl/α,β-unsaturated/α-hetero) is 1. The Morgan fingerprint density at radius 1 is 1.20 bits per heavy atom. The van der Waals surface area contributed by atoms with Crippen molar-refractivity contribution in [2.75, 3.05) is 4.90 Å². The van der Waals surface area contributed by atoms with Gasteiger partial charge in [0.05, 0.1) is 5.57 Å². The second-order valence-corrected chi connectivity index (χ2v) is 7.62. The minimum Gasteiger partial charge on any atom is -0.503 e. The Hall–Kier alpha value is -2.40. The van der Waals surface area contributed by atoms with E-state index < -0.39 is 17.7 Å². The van der Waals surface area contributed by atoms with Crippen molar-refractivity contribution in [3.8, 4) is 0 Å². The molecule has 1 unspecified atom stereocenters. The standard InChI is InChI=1S/C20H21NO3S/c1-11(2)18(22)16-17(15-6-5-9-25-15)21(20(24)19(16)23)14-8-7-12(3)13(4)10-14/h5-11,17,23H,1-4H3. The van der Waals surface area contributed by atoms with Crippen molar-refractivity contribution in [3.05, 3.63) is 63.0 Å². The zero-order valence-corrected chi connectivity index (χ0v) is 15.6. The predicted molar refractivity (Wildman–Crippen MR) is 100.0 cm³/mol. The lowest BCUT2D eigenvalue weighted by atomic mass is 9.94. The van der Waals surface area contributed by atoms with E-state index in [0.29, 0.717) is 5.69 Å². The second kappa shape index (κ2) is 6.48. The van der Waals surface area contributed by atoms with Gasteiger partial charge in [0.15, 0.2) is 11.5 Å². The Balaban J connectivity index is 2.17. The maximum Gasteiger partial charge on any atom is 0.294 e. The van der Waals surface area contributed by atoms with Crippen molar-refractivity contribution < 1.29 is 14.7 Å². The fourth-order valence-electron chi connectivity index (χ4n) is 3.03. The molecule has 0 saturated heterocycles. The number of ketones is 1. The van der Waals surface area contributed by atoms with Crippen LogP contribution in [0.4, 0.5) is 5.69 Å². The van der Waals surface area contributed by atoms with Crippen molar-refractivity contribution in [1.29, 1.82) is 0 Å². The van der Waals surface area contributed by atoms with Crippen LogP contribution in [0, 0.1) is 19.8 Å². The van der Waals surface area contributed by atoms with Gasteiger partial charge in [0.2, 0.25) is 0 Å². The molecule has 0 bridgehead atoms. The minimum atomic E-state index is -0.579. The van der Waals surface area contributed by atoms with Crippen molar-refractivity contribution >= 4 is 28.7 Å². The SMILES string of the molecule is Cc1ccc(N2C(=O)C(O)=C(C(=O)C(C)C)C2c2cccs2)cc1C. The summed E-state index contributed by atoms with van der Waals surface area (Å²) in [6, 6.07) is 8.92. The molecular formula is C20H21NO3S. The van der Waals surface area contributed by atoms with E-state index >= 15 is 0 Å². The number of anilines is 1. The number of carbonyl (C=O) groups is 2. The van der Waals surface area contributed by atoms with Gasteiger partial charge in [-0.3, -0.25) is 14.5 Å². The molecule has 0 fully saturated rings. The Bertz CT molecular complexity index is 865. The maximum absolute atomic E-state index is 12.8. The molecule has 1 amide bonds. The molecule has 1 aliphatic rings. The molecule has 1 N–H and O–H groups in total. The molecule has 0 aliphatic carbocycles. The summed E-state index contributed by atoms with van der Waals surface area (Å²) >= 11 is 1.47. The van der Waals surface area contributed by atoms with E-state index in [-0.39, 0.29) is 17.3 Å². The van der Waals surface area contributed by atoms with Crippen LogP contribution in [0.5, 0.6) is 0 Å². The molecule has 2 aromatic rings. The van der Waals surface area contributed by atoms with Crippen LogP contribution in [0.25, 0.3) is 0 Å². The summed E-state index contributed by atoms with van der Waals surface area (Å²) in [4.78, 5) is 27.9. The Kier molecular flexibility index (Phi) is 4.52. The van der Waals surface area contributed by atoms with Gasteiger partial charge in [0.25, 0.3) is 5.91 Å². The Morgan fingerprint density at radius 3 is 2.48 bits per heavy atom. The van der Waals surface area contributed by atoms with Gasteiger partial charge < -0.3 is 5.11 Å². The number of aliphatic hydroxyl groups is 1. The molecule has 5 heteroatoms. The van der Waals surface area contributed by atoms with E-state index in [2.05, 4.69) is 0 Å². The molecule has 0 radical (unpaired) electrons. The number of aliphatic hydroxyl groups excluding tert-OH is 1. The molecule has 0 spiro atoms. The zero-order chi connectivity index (χ0) is 18.3. The first-order chi connectivity index (χ1) is 11.8. The van der Waals surface area contributed by atoms with Gasteiger partial charge in [-0.1, -0.05) is 26.0 Å². The molecule has 1 aliphatic heterocycles. The lowest BCUT2D eigenvalue weighted by Gasteiger charge is -2.26. The third kappa shape index (κ3) is 2.89. The molecule has 4 nitrogen and oxygen atoms in total. The Labute approximate surface area is 151 Å². The topological polar surface area (TPSA) is 57.6 Å². The number of nitrogens with zero attached hydrogens (tertiary/aromatic N) is 1. The predicted octanol–water partition coefficient (Wildman–Crippen LogP) is 4.49. The van der Waals surface area contributed by atoms with Gasteiger partial charge >= 0.3 is 0 Å². The number of hydrogen-bond donors (Lipinski definition) is 1. The van der Waals surface area contributed by atoms with Gasteiger partial charge in [0, 0.05) is 16.5 Å². The summed E-state index contributed by atoms with van der Waals surface area (Å²) in [5.74, 6) is -1.45. The third-order valence-corrected chi connectivity index (χ3v) is 5.50. The van der Waals surface area contributed by atoms with Crippen LogP contribution in [0.1, 0.15) is 35.9 Å². The normalized spacial score (nSPS) is 17.7. The smallest absolute Gasteiger partial charge is 0.294 e. The van der Waals surface area contributed by atoms with Crippen molar-refractivity contribution in [3.63, 3.8) is 0 Å². The lowest BCUT2D eigenvalue weighted by molar-refractivity contribution is -0.119. The van der Waals surface area contributed by atoms with Crippen molar-refractivity contribution in [1.82, 2.24) is 0 Å². The highest BCUT2D eigenvalue weighted by Gasteiger charge is 2.45. The molecule has 1 aromatic heterocycles. The summed E-state index contributed by atoms with van der Waals surface area (Å²) in [6.45, 7) is 7.53. The van der Waals surface area contributed by atoms with Crippen LogP contribution in [0.3, 0.4) is 0 Å². The van der Waals surface area contributed by atoms with E-state index in [1.165, 1.54) is 16.2 Å². The average molecular weight is 355 g/mol. The molecule has 1 aromatic carbocycles. The molecular weight excluding hydrogens is 334 g/mol. The molecule has 130 valence electrons. The van der Waals surface area contributed by atoms with Crippen LogP contribution < -0.4 is 4.90 Å². The summed E-state index contributed by atoms with van der Waals surface area (Å²) in [7, 11) is 0. The Morgan fingerprint density at radius 2 is 1.92 bits per heavy atom. The van der Waals surface area contributed by atoms with Crippen molar-refractivity contribution in [2.24, 2.45) is 5.92 Å². The minimum absolute atomic E-state index is 0.195. The van der Waals surface area contributed by atoms with Crippen molar-refractivity contribution in [2.45, 2.75) is 33.7 Å². The summed E-state index contributed by atoms with van der Waals surface area (Å²) in [5, 5.41) is 12.4.